The Bertz CT molecular complexity index is 435. The number of nitrogens with one attached hydrogen (secondary N) is 2. The summed E-state index contributed by atoms with van der Waals surface area (Å²) in [6, 6.07) is 4.31. The SMILES string of the molecule is CC(C)N1CCC[C@@H](CNC(=O)NCc2ccncc2)C1. The Morgan fingerprint density at radius 2 is 2.14 bits per heavy atom. The van der Waals surface area contributed by atoms with Crippen molar-refractivity contribution in [2.75, 3.05) is 19.6 Å². The van der Waals surface area contributed by atoms with Gasteiger partial charge in [0.1, 0.15) is 0 Å². The van der Waals surface area contributed by atoms with Crippen molar-refractivity contribution < 1.29 is 4.79 Å². The van der Waals surface area contributed by atoms with Crippen LogP contribution in [-0.4, -0.2) is 41.6 Å². The van der Waals surface area contributed by atoms with Gasteiger partial charge in [-0.3, -0.25) is 4.98 Å². The minimum atomic E-state index is -0.0894. The fraction of sp³-hybridized carbons (Fsp3) is 0.625. The molecular weight excluding hydrogens is 264 g/mol. The van der Waals surface area contributed by atoms with Crippen LogP contribution in [0, 0.1) is 5.92 Å². The average molecular weight is 290 g/mol. The van der Waals surface area contributed by atoms with Crippen molar-refractivity contribution in [1.82, 2.24) is 20.5 Å². The van der Waals surface area contributed by atoms with E-state index in [-0.39, 0.29) is 6.03 Å². The van der Waals surface area contributed by atoms with Gasteiger partial charge in [-0.05, 0) is 56.8 Å². The van der Waals surface area contributed by atoms with E-state index in [1.165, 1.54) is 19.4 Å². The minimum absolute atomic E-state index is 0.0894. The molecule has 2 amide bonds. The summed E-state index contributed by atoms with van der Waals surface area (Å²) in [5, 5.41) is 5.87. The third kappa shape index (κ3) is 5.34. The van der Waals surface area contributed by atoms with Crippen LogP contribution in [0.4, 0.5) is 4.79 Å². The molecule has 21 heavy (non-hydrogen) atoms. The average Bonchev–Trinajstić information content (AvgIpc) is 2.52. The Labute approximate surface area is 127 Å². The van der Waals surface area contributed by atoms with E-state index in [0.717, 1.165) is 18.7 Å². The van der Waals surface area contributed by atoms with Crippen LogP contribution < -0.4 is 10.6 Å². The predicted molar refractivity (Wildman–Crippen MR) is 83.9 cm³/mol. The van der Waals surface area contributed by atoms with E-state index < -0.39 is 0 Å². The molecule has 2 heterocycles. The number of hydrogen-bond acceptors (Lipinski definition) is 3. The van der Waals surface area contributed by atoms with Crippen LogP contribution in [-0.2, 0) is 6.54 Å². The lowest BCUT2D eigenvalue weighted by molar-refractivity contribution is 0.139. The molecule has 0 bridgehead atoms. The highest BCUT2D eigenvalue weighted by Gasteiger charge is 2.21. The normalized spacial score (nSPS) is 19.5. The molecule has 2 N–H and O–H groups in total. The van der Waals surface area contributed by atoms with E-state index in [2.05, 4.69) is 34.4 Å². The molecule has 0 spiro atoms. The van der Waals surface area contributed by atoms with E-state index in [1.807, 2.05) is 12.1 Å². The van der Waals surface area contributed by atoms with Gasteiger partial charge >= 0.3 is 6.03 Å². The largest absolute Gasteiger partial charge is 0.338 e. The Hall–Kier alpha value is -1.62. The van der Waals surface area contributed by atoms with Gasteiger partial charge in [0.05, 0.1) is 0 Å². The standard InChI is InChI=1S/C16H26N4O/c1-13(2)20-9-3-4-15(12-20)11-19-16(21)18-10-14-5-7-17-8-6-14/h5-8,13,15H,3-4,9-12H2,1-2H3,(H2,18,19,21)/t15-/m0/s1. The van der Waals surface area contributed by atoms with Gasteiger partial charge in [-0.25, -0.2) is 4.79 Å². The second-order valence-corrected chi connectivity index (χ2v) is 6.02. The lowest BCUT2D eigenvalue weighted by Crippen LogP contribution is -2.45. The summed E-state index contributed by atoms with van der Waals surface area (Å²) in [5.74, 6) is 0.563. The zero-order valence-electron chi connectivity index (χ0n) is 13.0. The molecule has 1 saturated heterocycles. The van der Waals surface area contributed by atoms with E-state index in [4.69, 9.17) is 0 Å². The Balaban J connectivity index is 1.67. The topological polar surface area (TPSA) is 57.3 Å². The summed E-state index contributed by atoms with van der Waals surface area (Å²) >= 11 is 0. The number of likely N-dealkylation sites (tertiary alicyclic amines) is 1. The zero-order valence-corrected chi connectivity index (χ0v) is 13.0. The van der Waals surface area contributed by atoms with E-state index in [0.29, 0.717) is 18.5 Å². The first kappa shape index (κ1) is 15.8. The first-order chi connectivity index (χ1) is 10.1. The number of hydrogen-bond donors (Lipinski definition) is 2. The lowest BCUT2D eigenvalue weighted by atomic mass is 9.97. The molecule has 0 saturated carbocycles. The fourth-order valence-corrected chi connectivity index (χ4v) is 2.72. The fourth-order valence-electron chi connectivity index (χ4n) is 2.72. The maximum absolute atomic E-state index is 11.8. The molecule has 1 atom stereocenters. The molecule has 1 aromatic heterocycles. The lowest BCUT2D eigenvalue weighted by Gasteiger charge is -2.35. The van der Waals surface area contributed by atoms with Crippen molar-refractivity contribution in [3.8, 4) is 0 Å². The van der Waals surface area contributed by atoms with Gasteiger partial charge in [-0.2, -0.15) is 0 Å². The Kier molecular flexibility index (Phi) is 5.99. The molecule has 5 nitrogen and oxygen atoms in total. The predicted octanol–water partition coefficient (Wildman–Crippen LogP) is 2.00. The molecule has 1 aromatic rings. The number of urea groups is 1. The molecule has 1 fully saturated rings. The van der Waals surface area contributed by atoms with Crippen LogP contribution in [0.5, 0.6) is 0 Å². The highest BCUT2D eigenvalue weighted by molar-refractivity contribution is 5.73. The van der Waals surface area contributed by atoms with Crippen LogP contribution in [0.15, 0.2) is 24.5 Å². The quantitative estimate of drug-likeness (QED) is 0.872. The van der Waals surface area contributed by atoms with Crippen molar-refractivity contribution in [2.45, 2.75) is 39.3 Å². The summed E-state index contributed by atoms with van der Waals surface area (Å²) in [6.07, 6.45) is 5.89. The number of piperidine rings is 1. The third-order valence-electron chi connectivity index (χ3n) is 4.03. The van der Waals surface area contributed by atoms with Crippen molar-refractivity contribution in [2.24, 2.45) is 5.92 Å². The van der Waals surface area contributed by atoms with Gasteiger partial charge in [-0.15, -0.1) is 0 Å². The summed E-state index contributed by atoms with van der Waals surface area (Å²) in [7, 11) is 0. The highest BCUT2D eigenvalue weighted by atomic mass is 16.2. The van der Waals surface area contributed by atoms with E-state index >= 15 is 0 Å². The maximum atomic E-state index is 11.8. The van der Waals surface area contributed by atoms with Gasteiger partial charge in [0.15, 0.2) is 0 Å². The molecule has 5 heteroatoms. The van der Waals surface area contributed by atoms with Gasteiger partial charge in [0, 0.05) is 38.1 Å². The molecule has 0 aromatic carbocycles. The first-order valence-electron chi connectivity index (χ1n) is 7.80. The molecule has 1 aliphatic rings. The molecule has 116 valence electrons. The zero-order chi connectivity index (χ0) is 15.1. The van der Waals surface area contributed by atoms with E-state index in [9.17, 15) is 4.79 Å². The van der Waals surface area contributed by atoms with Gasteiger partial charge in [0.2, 0.25) is 0 Å². The highest BCUT2D eigenvalue weighted by Crippen LogP contribution is 2.17. The van der Waals surface area contributed by atoms with Crippen molar-refractivity contribution in [3.05, 3.63) is 30.1 Å². The minimum Gasteiger partial charge on any atom is -0.338 e. The second kappa shape index (κ2) is 7.98. The van der Waals surface area contributed by atoms with Crippen LogP contribution in [0.2, 0.25) is 0 Å². The summed E-state index contributed by atoms with van der Waals surface area (Å²) < 4.78 is 0. The summed E-state index contributed by atoms with van der Waals surface area (Å²) in [5.41, 5.74) is 1.06. The van der Waals surface area contributed by atoms with Gasteiger partial charge in [0.25, 0.3) is 0 Å². The maximum Gasteiger partial charge on any atom is 0.315 e. The number of amides is 2. The van der Waals surface area contributed by atoms with Crippen LogP contribution >= 0.6 is 0 Å². The molecule has 2 rings (SSSR count). The second-order valence-electron chi connectivity index (χ2n) is 6.02. The smallest absolute Gasteiger partial charge is 0.315 e. The molecule has 0 unspecified atom stereocenters. The summed E-state index contributed by atoms with van der Waals surface area (Å²) in [4.78, 5) is 18.3. The Morgan fingerprint density at radius 3 is 2.86 bits per heavy atom. The van der Waals surface area contributed by atoms with Crippen LogP contribution in [0.3, 0.4) is 0 Å². The molecule has 1 aliphatic heterocycles. The third-order valence-corrected chi connectivity index (χ3v) is 4.03. The van der Waals surface area contributed by atoms with Gasteiger partial charge < -0.3 is 15.5 Å². The Morgan fingerprint density at radius 1 is 1.38 bits per heavy atom. The molecule has 0 aliphatic carbocycles. The van der Waals surface area contributed by atoms with Crippen LogP contribution in [0.25, 0.3) is 0 Å². The van der Waals surface area contributed by atoms with E-state index in [1.54, 1.807) is 12.4 Å². The number of carbonyl (C=O) groups is 1. The van der Waals surface area contributed by atoms with Crippen LogP contribution in [0.1, 0.15) is 32.3 Å². The molecule has 0 radical (unpaired) electrons. The summed E-state index contributed by atoms with van der Waals surface area (Å²) in [6.45, 7) is 8.03. The van der Waals surface area contributed by atoms with Crippen molar-refractivity contribution >= 4 is 6.03 Å². The van der Waals surface area contributed by atoms with Gasteiger partial charge in [-0.1, -0.05) is 0 Å². The number of rotatable bonds is 5. The van der Waals surface area contributed by atoms with Crippen molar-refractivity contribution in [3.63, 3.8) is 0 Å². The number of pyridine rings is 1. The number of carbonyl (C=O) groups excluding carboxylic acids is 1. The number of aromatic nitrogens is 1. The number of nitrogens with zero attached hydrogens (tertiary/aromatic N) is 2. The first-order valence-corrected chi connectivity index (χ1v) is 7.80. The van der Waals surface area contributed by atoms with Crippen molar-refractivity contribution in [1.29, 1.82) is 0 Å². The molecular formula is C16H26N4O. The monoisotopic (exact) mass is 290 g/mol.